The van der Waals surface area contributed by atoms with Crippen molar-refractivity contribution in [2.24, 2.45) is 0 Å². The van der Waals surface area contributed by atoms with Crippen molar-refractivity contribution in [1.82, 2.24) is 5.32 Å². The van der Waals surface area contributed by atoms with E-state index < -0.39 is 6.10 Å². The van der Waals surface area contributed by atoms with Gasteiger partial charge >= 0.3 is 0 Å². The predicted octanol–water partition coefficient (Wildman–Crippen LogP) is 1.95. The van der Waals surface area contributed by atoms with E-state index in [1.807, 2.05) is 36.4 Å². The molecule has 88 valence electrons. The quantitative estimate of drug-likeness (QED) is 0.845. The van der Waals surface area contributed by atoms with Crippen LogP contribution in [0.2, 0.25) is 0 Å². The molecular formula is C14H15NO2. The molecule has 1 atom stereocenters. The fourth-order valence-corrected chi connectivity index (χ4v) is 1.67. The van der Waals surface area contributed by atoms with Gasteiger partial charge in [0.15, 0.2) is 0 Å². The van der Waals surface area contributed by atoms with Crippen molar-refractivity contribution in [3.05, 3.63) is 48.0 Å². The van der Waals surface area contributed by atoms with Crippen molar-refractivity contribution >= 4 is 16.7 Å². The number of carbonyl (C=O) groups is 1. The summed E-state index contributed by atoms with van der Waals surface area (Å²) in [6.07, 6.45) is -0.528. The van der Waals surface area contributed by atoms with Gasteiger partial charge in [-0.05, 0) is 29.8 Å². The maximum absolute atomic E-state index is 11.8. The Labute approximate surface area is 100 Å². The Morgan fingerprint density at radius 2 is 1.94 bits per heavy atom. The van der Waals surface area contributed by atoms with Gasteiger partial charge in [0.2, 0.25) is 0 Å². The molecule has 0 aliphatic rings. The molecule has 0 saturated heterocycles. The van der Waals surface area contributed by atoms with E-state index in [9.17, 15) is 4.79 Å². The minimum Gasteiger partial charge on any atom is -0.392 e. The summed E-state index contributed by atoms with van der Waals surface area (Å²) in [6.45, 7) is 1.91. The highest BCUT2D eigenvalue weighted by Crippen LogP contribution is 2.15. The summed E-state index contributed by atoms with van der Waals surface area (Å²) in [5.41, 5.74) is 0.615. The smallest absolute Gasteiger partial charge is 0.251 e. The van der Waals surface area contributed by atoms with E-state index in [0.717, 1.165) is 10.8 Å². The average molecular weight is 229 g/mol. The third kappa shape index (κ3) is 2.82. The summed E-state index contributed by atoms with van der Waals surface area (Å²) in [7, 11) is 0. The standard InChI is InChI=1S/C14H15NO2/c1-10(16)9-15-14(17)13-7-6-11-4-2-3-5-12(11)8-13/h2-8,10,16H,9H2,1H3,(H,15,17)/t10-/m1/s1. The predicted molar refractivity (Wildman–Crippen MR) is 68.0 cm³/mol. The number of fused-ring (bicyclic) bond motifs is 1. The Kier molecular flexibility index (Phi) is 3.40. The Bertz CT molecular complexity index is 534. The van der Waals surface area contributed by atoms with Crippen LogP contribution in [0, 0.1) is 0 Å². The van der Waals surface area contributed by atoms with Crippen LogP contribution in [0.3, 0.4) is 0 Å². The summed E-state index contributed by atoms with van der Waals surface area (Å²) in [5.74, 6) is -0.156. The van der Waals surface area contributed by atoms with Crippen molar-refractivity contribution in [2.75, 3.05) is 6.54 Å². The summed E-state index contributed by atoms with van der Waals surface area (Å²) in [4.78, 5) is 11.8. The zero-order chi connectivity index (χ0) is 12.3. The zero-order valence-corrected chi connectivity index (χ0v) is 9.68. The highest BCUT2D eigenvalue weighted by atomic mass is 16.3. The lowest BCUT2D eigenvalue weighted by atomic mass is 10.1. The topological polar surface area (TPSA) is 49.3 Å². The number of amides is 1. The van der Waals surface area contributed by atoms with Crippen molar-refractivity contribution in [3.8, 4) is 0 Å². The number of hydrogen-bond donors (Lipinski definition) is 2. The van der Waals surface area contributed by atoms with Crippen LogP contribution in [-0.4, -0.2) is 23.7 Å². The molecule has 0 aliphatic heterocycles. The van der Waals surface area contributed by atoms with Gasteiger partial charge in [0.25, 0.3) is 5.91 Å². The maximum atomic E-state index is 11.8. The van der Waals surface area contributed by atoms with Gasteiger partial charge in [-0.1, -0.05) is 30.3 Å². The van der Waals surface area contributed by atoms with Crippen LogP contribution in [0.1, 0.15) is 17.3 Å². The van der Waals surface area contributed by atoms with E-state index in [1.165, 1.54) is 0 Å². The fourth-order valence-electron chi connectivity index (χ4n) is 1.67. The molecule has 0 radical (unpaired) electrons. The lowest BCUT2D eigenvalue weighted by molar-refractivity contribution is 0.0924. The van der Waals surface area contributed by atoms with Crippen LogP contribution < -0.4 is 5.32 Å². The zero-order valence-electron chi connectivity index (χ0n) is 9.68. The highest BCUT2D eigenvalue weighted by Gasteiger charge is 2.06. The largest absolute Gasteiger partial charge is 0.392 e. The molecule has 2 aromatic carbocycles. The molecule has 3 heteroatoms. The van der Waals surface area contributed by atoms with E-state index in [1.54, 1.807) is 13.0 Å². The molecule has 2 rings (SSSR count). The van der Waals surface area contributed by atoms with Crippen LogP contribution in [-0.2, 0) is 0 Å². The summed E-state index contributed by atoms with van der Waals surface area (Å²) >= 11 is 0. The van der Waals surface area contributed by atoms with Gasteiger partial charge in [-0.3, -0.25) is 4.79 Å². The molecule has 0 unspecified atom stereocenters. The van der Waals surface area contributed by atoms with Crippen LogP contribution in [0.5, 0.6) is 0 Å². The molecule has 17 heavy (non-hydrogen) atoms. The molecule has 0 aliphatic carbocycles. The minimum atomic E-state index is -0.528. The molecule has 0 heterocycles. The third-order valence-corrected chi connectivity index (χ3v) is 2.57. The van der Waals surface area contributed by atoms with Crippen LogP contribution in [0.15, 0.2) is 42.5 Å². The first-order valence-electron chi connectivity index (χ1n) is 5.62. The third-order valence-electron chi connectivity index (χ3n) is 2.57. The van der Waals surface area contributed by atoms with Crippen LogP contribution in [0.4, 0.5) is 0 Å². The highest BCUT2D eigenvalue weighted by molar-refractivity contribution is 5.98. The molecular weight excluding hydrogens is 214 g/mol. The molecule has 0 fully saturated rings. The monoisotopic (exact) mass is 229 g/mol. The van der Waals surface area contributed by atoms with Crippen LogP contribution >= 0.6 is 0 Å². The first-order chi connectivity index (χ1) is 8.16. The van der Waals surface area contributed by atoms with E-state index >= 15 is 0 Å². The second kappa shape index (κ2) is 4.97. The van der Waals surface area contributed by atoms with Crippen molar-refractivity contribution in [1.29, 1.82) is 0 Å². The van der Waals surface area contributed by atoms with Gasteiger partial charge in [-0.15, -0.1) is 0 Å². The van der Waals surface area contributed by atoms with Crippen molar-refractivity contribution < 1.29 is 9.90 Å². The van der Waals surface area contributed by atoms with Gasteiger partial charge in [0.1, 0.15) is 0 Å². The number of aliphatic hydroxyl groups excluding tert-OH is 1. The summed E-state index contributed by atoms with van der Waals surface area (Å²) in [6, 6.07) is 13.5. The van der Waals surface area contributed by atoms with E-state index in [0.29, 0.717) is 5.56 Å². The van der Waals surface area contributed by atoms with Gasteiger partial charge < -0.3 is 10.4 Å². The minimum absolute atomic E-state index is 0.156. The summed E-state index contributed by atoms with van der Waals surface area (Å²) < 4.78 is 0. The molecule has 3 nitrogen and oxygen atoms in total. The molecule has 0 bridgehead atoms. The van der Waals surface area contributed by atoms with Gasteiger partial charge in [0.05, 0.1) is 6.10 Å². The molecule has 1 amide bonds. The van der Waals surface area contributed by atoms with Crippen molar-refractivity contribution in [2.45, 2.75) is 13.0 Å². The fraction of sp³-hybridized carbons (Fsp3) is 0.214. The molecule has 0 spiro atoms. The lowest BCUT2D eigenvalue weighted by Gasteiger charge is -2.07. The number of nitrogens with one attached hydrogen (secondary N) is 1. The Morgan fingerprint density at radius 3 is 2.65 bits per heavy atom. The van der Waals surface area contributed by atoms with Gasteiger partial charge in [-0.2, -0.15) is 0 Å². The number of rotatable bonds is 3. The summed E-state index contributed by atoms with van der Waals surface area (Å²) in [5, 5.41) is 13.9. The molecule has 0 saturated carbocycles. The van der Waals surface area contributed by atoms with Gasteiger partial charge in [-0.25, -0.2) is 0 Å². The first kappa shape index (κ1) is 11.6. The normalized spacial score (nSPS) is 12.4. The van der Waals surface area contributed by atoms with E-state index in [-0.39, 0.29) is 12.5 Å². The lowest BCUT2D eigenvalue weighted by Crippen LogP contribution is -2.30. The molecule has 2 aromatic rings. The van der Waals surface area contributed by atoms with E-state index in [2.05, 4.69) is 5.32 Å². The van der Waals surface area contributed by atoms with E-state index in [4.69, 9.17) is 5.11 Å². The van der Waals surface area contributed by atoms with Gasteiger partial charge in [0, 0.05) is 12.1 Å². The SMILES string of the molecule is C[C@@H](O)CNC(=O)c1ccc2ccccc2c1. The van der Waals surface area contributed by atoms with Crippen molar-refractivity contribution in [3.63, 3.8) is 0 Å². The second-order valence-corrected chi connectivity index (χ2v) is 4.12. The number of aliphatic hydroxyl groups is 1. The second-order valence-electron chi connectivity index (χ2n) is 4.12. The Hall–Kier alpha value is -1.87. The number of benzene rings is 2. The average Bonchev–Trinajstić information content (AvgIpc) is 2.35. The van der Waals surface area contributed by atoms with Crippen LogP contribution in [0.25, 0.3) is 10.8 Å². The number of hydrogen-bond acceptors (Lipinski definition) is 2. The maximum Gasteiger partial charge on any atom is 0.251 e. The molecule has 2 N–H and O–H groups in total. The Morgan fingerprint density at radius 1 is 1.24 bits per heavy atom. The first-order valence-corrected chi connectivity index (χ1v) is 5.62. The number of carbonyl (C=O) groups excluding carboxylic acids is 1. The Balaban J connectivity index is 2.21. The molecule has 0 aromatic heterocycles.